The summed E-state index contributed by atoms with van der Waals surface area (Å²) in [6.45, 7) is 8.69. The number of piperazine rings is 1. The van der Waals surface area contributed by atoms with Crippen molar-refractivity contribution in [2.24, 2.45) is 5.41 Å². The summed E-state index contributed by atoms with van der Waals surface area (Å²) < 4.78 is 13.5. The Morgan fingerprint density at radius 2 is 1.94 bits per heavy atom. The van der Waals surface area contributed by atoms with E-state index in [0.717, 1.165) is 48.8 Å². The molecule has 1 saturated heterocycles. The minimum absolute atomic E-state index is 0.0239. The lowest BCUT2D eigenvalue weighted by Crippen LogP contribution is -2.61. The van der Waals surface area contributed by atoms with Crippen LogP contribution in [0, 0.1) is 16.7 Å². The summed E-state index contributed by atoms with van der Waals surface area (Å²) in [6.07, 6.45) is 6.54. The number of rotatable bonds is 4. The van der Waals surface area contributed by atoms with Crippen LogP contribution in [0.15, 0.2) is 24.7 Å². The molecule has 2 atom stereocenters. The van der Waals surface area contributed by atoms with E-state index < -0.39 is 12.1 Å². The molecule has 1 amide bonds. The van der Waals surface area contributed by atoms with Crippen LogP contribution in [0.4, 0.5) is 21.8 Å². The molecule has 5 rings (SSSR count). The van der Waals surface area contributed by atoms with Crippen LogP contribution >= 0.6 is 0 Å². The molecule has 0 bridgehead atoms. The van der Waals surface area contributed by atoms with Crippen molar-refractivity contribution in [3.05, 3.63) is 35.8 Å². The minimum atomic E-state index is -1.02. The number of hydrogen-bond donors (Lipinski definition) is 0. The molecule has 0 radical (unpaired) electrons. The van der Waals surface area contributed by atoms with Gasteiger partial charge in [0.25, 0.3) is 0 Å². The van der Waals surface area contributed by atoms with Crippen LogP contribution in [-0.2, 0) is 10.2 Å². The van der Waals surface area contributed by atoms with E-state index >= 15 is 0 Å². The van der Waals surface area contributed by atoms with Gasteiger partial charge in [0.05, 0.1) is 17.0 Å². The quantitative estimate of drug-likeness (QED) is 0.663. The highest BCUT2D eigenvalue weighted by atomic mass is 19.1. The number of hydrogen-bond acceptors (Lipinski definition) is 7. The SMILES string of the molecule is C[C@@H]1CN(c2ncnc3c2C2(CCC2)CN3c2cc(C#N)ccn2)[C@H](C)CN1C(=O)C(C)(C)CF. The lowest BCUT2D eigenvalue weighted by Gasteiger charge is -2.48. The monoisotopic (exact) mass is 477 g/mol. The van der Waals surface area contributed by atoms with E-state index in [-0.39, 0.29) is 23.4 Å². The van der Waals surface area contributed by atoms with Crippen LogP contribution in [0.2, 0.25) is 0 Å². The molecule has 1 aliphatic carbocycles. The summed E-state index contributed by atoms with van der Waals surface area (Å²) >= 11 is 0. The average molecular weight is 478 g/mol. The molecule has 9 heteroatoms. The van der Waals surface area contributed by atoms with Crippen molar-refractivity contribution in [2.45, 2.75) is 64.5 Å². The van der Waals surface area contributed by atoms with Gasteiger partial charge in [-0.25, -0.2) is 19.3 Å². The Morgan fingerprint density at radius 3 is 2.60 bits per heavy atom. The number of anilines is 3. The fraction of sp³-hybridized carbons (Fsp3) is 0.577. The number of alkyl halides is 1. The number of aromatic nitrogens is 3. The van der Waals surface area contributed by atoms with Crippen molar-refractivity contribution < 1.29 is 9.18 Å². The largest absolute Gasteiger partial charge is 0.350 e. The highest BCUT2D eigenvalue weighted by Crippen LogP contribution is 2.56. The van der Waals surface area contributed by atoms with Crippen molar-refractivity contribution in [3.8, 4) is 6.07 Å². The van der Waals surface area contributed by atoms with Crippen molar-refractivity contribution >= 4 is 23.4 Å². The van der Waals surface area contributed by atoms with E-state index in [0.29, 0.717) is 18.7 Å². The van der Waals surface area contributed by atoms with Crippen molar-refractivity contribution in [1.29, 1.82) is 5.26 Å². The third-order valence-corrected chi connectivity index (χ3v) is 7.95. The predicted molar refractivity (Wildman–Crippen MR) is 131 cm³/mol. The summed E-state index contributed by atoms with van der Waals surface area (Å²) in [6, 6.07) is 5.67. The second kappa shape index (κ2) is 8.43. The summed E-state index contributed by atoms with van der Waals surface area (Å²) in [4.78, 5) is 33.3. The molecule has 4 heterocycles. The van der Waals surface area contributed by atoms with Crippen LogP contribution in [0.5, 0.6) is 0 Å². The molecule has 3 aliphatic rings. The molecular weight excluding hydrogens is 445 g/mol. The van der Waals surface area contributed by atoms with E-state index in [1.54, 1.807) is 32.4 Å². The molecule has 8 nitrogen and oxygen atoms in total. The Hall–Kier alpha value is -3.28. The van der Waals surface area contributed by atoms with Gasteiger partial charge in [0.2, 0.25) is 5.91 Å². The fourth-order valence-corrected chi connectivity index (χ4v) is 5.71. The lowest BCUT2D eigenvalue weighted by atomic mass is 9.66. The van der Waals surface area contributed by atoms with Gasteiger partial charge < -0.3 is 14.7 Å². The number of pyridine rings is 1. The minimum Gasteiger partial charge on any atom is -0.350 e. The topological polar surface area (TPSA) is 89.2 Å². The first-order valence-electron chi connectivity index (χ1n) is 12.3. The predicted octanol–water partition coefficient (Wildman–Crippen LogP) is 3.74. The number of halogens is 1. The van der Waals surface area contributed by atoms with Crippen LogP contribution < -0.4 is 9.80 Å². The summed E-state index contributed by atoms with van der Waals surface area (Å²) in [5, 5.41) is 9.38. The number of nitriles is 1. The van der Waals surface area contributed by atoms with Gasteiger partial charge in [-0.15, -0.1) is 0 Å². The van der Waals surface area contributed by atoms with Crippen LogP contribution in [-0.4, -0.2) is 64.2 Å². The molecular formula is C26H32FN7O. The molecule has 2 aromatic heterocycles. The normalized spacial score (nSPS) is 23.1. The average Bonchev–Trinajstić information content (AvgIpc) is 3.21. The van der Waals surface area contributed by atoms with Crippen LogP contribution in [0.3, 0.4) is 0 Å². The maximum Gasteiger partial charge on any atom is 0.231 e. The summed E-state index contributed by atoms with van der Waals surface area (Å²) in [5.74, 6) is 2.36. The number of carbonyl (C=O) groups excluding carboxylic acids is 1. The fourth-order valence-electron chi connectivity index (χ4n) is 5.71. The van der Waals surface area contributed by atoms with E-state index in [4.69, 9.17) is 9.97 Å². The van der Waals surface area contributed by atoms with Gasteiger partial charge in [0, 0.05) is 48.9 Å². The maximum absolute atomic E-state index is 13.5. The van der Waals surface area contributed by atoms with Gasteiger partial charge in [0.15, 0.2) is 0 Å². The first-order valence-corrected chi connectivity index (χ1v) is 12.3. The molecule has 2 fully saturated rings. The van der Waals surface area contributed by atoms with Gasteiger partial charge in [-0.05, 0) is 52.7 Å². The number of nitrogens with zero attached hydrogens (tertiary/aromatic N) is 7. The molecule has 1 spiro atoms. The Labute approximate surface area is 205 Å². The first kappa shape index (κ1) is 23.5. The summed E-state index contributed by atoms with van der Waals surface area (Å²) in [5.41, 5.74) is 0.661. The van der Waals surface area contributed by atoms with Gasteiger partial charge in [-0.3, -0.25) is 4.79 Å². The van der Waals surface area contributed by atoms with Crippen molar-refractivity contribution in [3.63, 3.8) is 0 Å². The standard InChI is InChI=1S/C26H32FN7O/c1-17-13-33(24(35)25(3,4)14-27)18(2)12-32(17)22-21-23(31-16-30-22)34(15-26(21)7-5-8-26)20-10-19(11-28)6-9-29-20/h6,9-10,16-18H,5,7-8,12-15H2,1-4H3/t17-,18-/m1/s1. The first-order chi connectivity index (χ1) is 16.7. The lowest BCUT2D eigenvalue weighted by molar-refractivity contribution is -0.144. The number of fused-ring (bicyclic) bond motifs is 2. The Morgan fingerprint density at radius 1 is 1.20 bits per heavy atom. The van der Waals surface area contributed by atoms with Gasteiger partial charge >= 0.3 is 0 Å². The van der Waals surface area contributed by atoms with E-state index in [2.05, 4.69) is 27.8 Å². The molecule has 184 valence electrons. The molecule has 0 N–H and O–H groups in total. The molecule has 1 saturated carbocycles. The van der Waals surface area contributed by atoms with Gasteiger partial charge in [-0.1, -0.05) is 6.42 Å². The zero-order valence-corrected chi connectivity index (χ0v) is 20.8. The Bertz CT molecular complexity index is 1190. The van der Waals surface area contributed by atoms with E-state index in [1.807, 2.05) is 17.9 Å². The third kappa shape index (κ3) is 3.70. The van der Waals surface area contributed by atoms with Crippen LogP contribution in [0.25, 0.3) is 0 Å². The number of amides is 1. The molecule has 0 aromatic carbocycles. The summed E-state index contributed by atoms with van der Waals surface area (Å²) in [7, 11) is 0. The van der Waals surface area contributed by atoms with E-state index in [9.17, 15) is 14.4 Å². The van der Waals surface area contributed by atoms with Crippen molar-refractivity contribution in [1.82, 2.24) is 19.9 Å². The van der Waals surface area contributed by atoms with E-state index in [1.165, 1.54) is 0 Å². The highest BCUT2D eigenvalue weighted by molar-refractivity contribution is 5.83. The maximum atomic E-state index is 13.5. The Kier molecular flexibility index (Phi) is 5.65. The molecule has 2 aromatic rings. The zero-order valence-electron chi connectivity index (χ0n) is 20.8. The zero-order chi connectivity index (χ0) is 25.0. The second-order valence-electron chi connectivity index (χ2n) is 11.0. The van der Waals surface area contributed by atoms with Gasteiger partial charge in [0.1, 0.15) is 30.5 Å². The smallest absolute Gasteiger partial charge is 0.231 e. The van der Waals surface area contributed by atoms with Crippen molar-refractivity contribution in [2.75, 3.05) is 36.1 Å². The molecule has 0 unspecified atom stereocenters. The number of carbonyl (C=O) groups is 1. The second-order valence-corrected chi connectivity index (χ2v) is 11.0. The van der Waals surface area contributed by atoms with Gasteiger partial charge in [-0.2, -0.15) is 5.26 Å². The highest BCUT2D eigenvalue weighted by Gasteiger charge is 2.52. The molecule has 2 aliphatic heterocycles. The Balaban J connectivity index is 1.51. The third-order valence-electron chi connectivity index (χ3n) is 7.95. The molecule has 35 heavy (non-hydrogen) atoms. The van der Waals surface area contributed by atoms with Crippen LogP contribution in [0.1, 0.15) is 58.1 Å².